The molecule has 0 saturated carbocycles. The Morgan fingerprint density at radius 2 is 1.93 bits per heavy atom. The Balaban J connectivity index is 2.68. The maximum Gasteiger partial charge on any atom is 0.378 e. The molecule has 0 aliphatic rings. The largest absolute Gasteiger partial charge is 0.475 e. The van der Waals surface area contributed by atoms with Gasteiger partial charge in [-0.15, -0.1) is 0 Å². The summed E-state index contributed by atoms with van der Waals surface area (Å²) < 4.78 is 0. The normalized spacial score (nSPS) is 10.5. The molecule has 4 nitrogen and oxygen atoms in total. The molecule has 15 heavy (non-hydrogen) atoms. The minimum absolute atomic E-state index is 0.156. The summed E-state index contributed by atoms with van der Waals surface area (Å²) in [6.07, 6.45) is 0. The van der Waals surface area contributed by atoms with Crippen LogP contribution in [0.25, 0.3) is 10.9 Å². The number of rotatable bonds is 2. The zero-order chi connectivity index (χ0) is 11.0. The SMILES string of the molecule is Cc1c(C(=O)C(=O)O)[nH]c2ccccc12. The number of ketones is 1. The van der Waals surface area contributed by atoms with Gasteiger partial charge >= 0.3 is 5.97 Å². The third kappa shape index (κ3) is 1.40. The Kier molecular flexibility index (Phi) is 2.04. The summed E-state index contributed by atoms with van der Waals surface area (Å²) in [5, 5.41) is 9.49. The standard InChI is InChI=1S/C11H9NO3/c1-6-7-4-2-3-5-8(7)12-9(6)10(13)11(14)15/h2-5,12H,1H3,(H,14,15). The van der Waals surface area contributed by atoms with Crippen LogP contribution in [0.4, 0.5) is 0 Å². The zero-order valence-electron chi connectivity index (χ0n) is 8.07. The monoisotopic (exact) mass is 203 g/mol. The molecule has 0 aliphatic heterocycles. The van der Waals surface area contributed by atoms with Gasteiger partial charge in [-0.1, -0.05) is 18.2 Å². The van der Waals surface area contributed by atoms with Gasteiger partial charge in [0, 0.05) is 10.9 Å². The van der Waals surface area contributed by atoms with E-state index < -0.39 is 11.8 Å². The average Bonchev–Trinajstić information content (AvgIpc) is 2.56. The van der Waals surface area contributed by atoms with Crippen molar-refractivity contribution in [3.8, 4) is 0 Å². The molecule has 0 amide bonds. The van der Waals surface area contributed by atoms with Crippen molar-refractivity contribution < 1.29 is 14.7 Å². The quantitative estimate of drug-likeness (QED) is 0.577. The van der Waals surface area contributed by atoms with Crippen LogP contribution < -0.4 is 0 Å². The minimum Gasteiger partial charge on any atom is -0.475 e. The Bertz CT molecular complexity index is 554. The third-order valence-electron chi connectivity index (χ3n) is 2.39. The molecule has 2 rings (SSSR count). The smallest absolute Gasteiger partial charge is 0.378 e. The topological polar surface area (TPSA) is 70.2 Å². The molecule has 4 heteroatoms. The molecule has 2 N–H and O–H groups in total. The van der Waals surface area contributed by atoms with Crippen molar-refractivity contribution in [2.24, 2.45) is 0 Å². The number of para-hydroxylation sites is 1. The van der Waals surface area contributed by atoms with Gasteiger partial charge in [0.05, 0.1) is 5.69 Å². The van der Waals surface area contributed by atoms with Gasteiger partial charge in [0.2, 0.25) is 0 Å². The van der Waals surface area contributed by atoms with Crippen molar-refractivity contribution in [3.63, 3.8) is 0 Å². The van der Waals surface area contributed by atoms with Gasteiger partial charge in [0.1, 0.15) is 0 Å². The lowest BCUT2D eigenvalue weighted by Gasteiger charge is -1.92. The first-order chi connectivity index (χ1) is 7.11. The molecule has 1 aromatic carbocycles. The maximum absolute atomic E-state index is 11.3. The van der Waals surface area contributed by atoms with E-state index in [1.54, 1.807) is 13.0 Å². The Morgan fingerprint density at radius 1 is 1.27 bits per heavy atom. The number of nitrogens with one attached hydrogen (secondary N) is 1. The lowest BCUT2D eigenvalue weighted by molar-refractivity contribution is -0.131. The van der Waals surface area contributed by atoms with E-state index in [1.165, 1.54) is 0 Å². The number of hydrogen-bond donors (Lipinski definition) is 2. The van der Waals surface area contributed by atoms with Crippen LogP contribution in [0.15, 0.2) is 24.3 Å². The number of carbonyl (C=O) groups is 2. The molecule has 0 spiro atoms. The van der Waals surface area contributed by atoms with Crippen LogP contribution in [-0.2, 0) is 4.79 Å². The van der Waals surface area contributed by atoms with Crippen LogP contribution in [0.2, 0.25) is 0 Å². The van der Waals surface area contributed by atoms with Crippen LogP contribution in [0, 0.1) is 6.92 Å². The summed E-state index contributed by atoms with van der Waals surface area (Å²) >= 11 is 0. The first kappa shape index (κ1) is 9.45. The fourth-order valence-corrected chi connectivity index (χ4v) is 1.62. The Labute approximate surface area is 85.5 Å². The summed E-state index contributed by atoms with van der Waals surface area (Å²) in [5.41, 5.74) is 1.61. The number of fused-ring (bicyclic) bond motifs is 1. The molecular formula is C11H9NO3. The lowest BCUT2D eigenvalue weighted by Crippen LogP contribution is -2.14. The van der Waals surface area contributed by atoms with Crippen molar-refractivity contribution in [2.45, 2.75) is 6.92 Å². The lowest BCUT2D eigenvalue weighted by atomic mass is 10.1. The van der Waals surface area contributed by atoms with Gasteiger partial charge in [-0.2, -0.15) is 0 Å². The number of hydrogen-bond acceptors (Lipinski definition) is 2. The fraction of sp³-hybridized carbons (Fsp3) is 0.0909. The number of Topliss-reactive ketones (excluding diaryl/α,β-unsaturated/α-hetero) is 1. The first-order valence-corrected chi connectivity index (χ1v) is 4.46. The molecule has 0 radical (unpaired) electrons. The van der Waals surface area contributed by atoms with E-state index in [0.29, 0.717) is 5.56 Å². The highest BCUT2D eigenvalue weighted by molar-refractivity contribution is 6.40. The number of carbonyl (C=O) groups excluding carboxylic acids is 1. The van der Waals surface area contributed by atoms with Gasteiger partial charge < -0.3 is 10.1 Å². The molecule has 76 valence electrons. The number of H-pyrrole nitrogens is 1. The highest BCUT2D eigenvalue weighted by Gasteiger charge is 2.20. The van der Waals surface area contributed by atoms with E-state index in [1.807, 2.05) is 18.2 Å². The molecule has 2 aromatic rings. The number of carboxylic acid groups (broad SMARTS) is 1. The molecule has 1 heterocycles. The number of aromatic amines is 1. The molecule has 0 atom stereocenters. The predicted octanol–water partition coefficient (Wildman–Crippen LogP) is 1.74. The number of aromatic nitrogens is 1. The van der Waals surface area contributed by atoms with E-state index in [9.17, 15) is 9.59 Å². The van der Waals surface area contributed by atoms with Gasteiger partial charge in [-0.3, -0.25) is 4.79 Å². The second kappa shape index (κ2) is 3.24. The molecule has 0 unspecified atom stereocenters. The molecule has 0 aliphatic carbocycles. The highest BCUT2D eigenvalue weighted by Crippen LogP contribution is 2.21. The highest BCUT2D eigenvalue weighted by atomic mass is 16.4. The van der Waals surface area contributed by atoms with E-state index in [2.05, 4.69) is 4.98 Å². The van der Waals surface area contributed by atoms with E-state index in [0.717, 1.165) is 10.9 Å². The average molecular weight is 203 g/mol. The Morgan fingerprint density at radius 3 is 2.53 bits per heavy atom. The molecule has 1 aromatic heterocycles. The van der Waals surface area contributed by atoms with Crippen molar-refractivity contribution in [1.29, 1.82) is 0 Å². The summed E-state index contributed by atoms with van der Waals surface area (Å²) in [6.45, 7) is 1.73. The van der Waals surface area contributed by atoms with Gasteiger partial charge in [-0.05, 0) is 18.6 Å². The van der Waals surface area contributed by atoms with Crippen molar-refractivity contribution in [1.82, 2.24) is 4.98 Å². The van der Waals surface area contributed by atoms with Gasteiger partial charge in [-0.25, -0.2) is 4.79 Å². The van der Waals surface area contributed by atoms with Crippen molar-refractivity contribution in [2.75, 3.05) is 0 Å². The van der Waals surface area contributed by atoms with E-state index >= 15 is 0 Å². The number of aliphatic carboxylic acids is 1. The van der Waals surface area contributed by atoms with Crippen LogP contribution >= 0.6 is 0 Å². The molecule has 0 saturated heterocycles. The van der Waals surface area contributed by atoms with Gasteiger partial charge in [0.25, 0.3) is 5.78 Å². The number of benzene rings is 1. The minimum atomic E-state index is -1.44. The van der Waals surface area contributed by atoms with Crippen molar-refractivity contribution in [3.05, 3.63) is 35.5 Å². The van der Waals surface area contributed by atoms with E-state index in [4.69, 9.17) is 5.11 Å². The van der Waals surface area contributed by atoms with Crippen LogP contribution in [-0.4, -0.2) is 21.8 Å². The fourth-order valence-electron chi connectivity index (χ4n) is 1.62. The number of carboxylic acids is 1. The summed E-state index contributed by atoms with van der Waals surface area (Å²) in [7, 11) is 0. The van der Waals surface area contributed by atoms with Crippen LogP contribution in [0.5, 0.6) is 0 Å². The van der Waals surface area contributed by atoms with E-state index in [-0.39, 0.29) is 5.69 Å². The second-order valence-corrected chi connectivity index (χ2v) is 3.30. The second-order valence-electron chi connectivity index (χ2n) is 3.30. The molecule has 0 fully saturated rings. The van der Waals surface area contributed by atoms with Crippen LogP contribution in [0.1, 0.15) is 16.1 Å². The molecular weight excluding hydrogens is 194 g/mol. The zero-order valence-corrected chi connectivity index (χ0v) is 8.07. The first-order valence-electron chi connectivity index (χ1n) is 4.46. The van der Waals surface area contributed by atoms with Gasteiger partial charge in [0.15, 0.2) is 0 Å². The third-order valence-corrected chi connectivity index (χ3v) is 2.39. The molecule has 0 bridgehead atoms. The number of aryl methyl sites for hydroxylation is 1. The summed E-state index contributed by atoms with van der Waals surface area (Å²) in [5.74, 6) is -2.34. The maximum atomic E-state index is 11.3. The summed E-state index contributed by atoms with van der Waals surface area (Å²) in [4.78, 5) is 24.7. The van der Waals surface area contributed by atoms with Crippen molar-refractivity contribution >= 4 is 22.7 Å². The summed E-state index contributed by atoms with van der Waals surface area (Å²) in [6, 6.07) is 7.33. The van der Waals surface area contributed by atoms with Crippen LogP contribution in [0.3, 0.4) is 0 Å². The predicted molar refractivity (Wildman–Crippen MR) is 55.0 cm³/mol. The Hall–Kier alpha value is -2.10.